The maximum Gasteiger partial charge on any atom is 0.199 e. The third-order valence-corrected chi connectivity index (χ3v) is 4.14. The summed E-state index contributed by atoms with van der Waals surface area (Å²) in [5, 5.41) is -0.109. The van der Waals surface area contributed by atoms with Crippen LogP contribution in [0.25, 0.3) is 0 Å². The molecular formula is C15H11BrClFO2. The smallest absolute Gasteiger partial charge is 0.199 e. The topological polar surface area (TPSA) is 26.3 Å². The van der Waals surface area contributed by atoms with Crippen molar-refractivity contribution >= 4 is 33.3 Å². The molecule has 2 aromatic carbocycles. The molecule has 0 saturated heterocycles. The van der Waals surface area contributed by atoms with Crippen LogP contribution in [0.15, 0.2) is 34.8 Å². The molecule has 0 N–H and O–H groups in total. The lowest BCUT2D eigenvalue weighted by Gasteiger charge is -2.10. The number of hydrogen-bond donors (Lipinski definition) is 0. The fraction of sp³-hybridized carbons (Fsp3) is 0.133. The first-order valence-electron chi connectivity index (χ1n) is 5.78. The van der Waals surface area contributed by atoms with Gasteiger partial charge in [0.25, 0.3) is 0 Å². The van der Waals surface area contributed by atoms with E-state index < -0.39 is 11.6 Å². The average molecular weight is 358 g/mol. The van der Waals surface area contributed by atoms with Crippen molar-refractivity contribution in [1.29, 1.82) is 0 Å². The molecule has 0 atom stereocenters. The Balaban J connectivity index is 2.55. The van der Waals surface area contributed by atoms with E-state index in [1.54, 1.807) is 24.3 Å². The van der Waals surface area contributed by atoms with Crippen LogP contribution in [0.2, 0.25) is 5.02 Å². The number of rotatable bonds is 3. The van der Waals surface area contributed by atoms with Gasteiger partial charge in [-0.2, -0.15) is 0 Å². The molecule has 0 radical (unpaired) electrons. The van der Waals surface area contributed by atoms with Gasteiger partial charge in [0, 0.05) is 4.47 Å². The van der Waals surface area contributed by atoms with Gasteiger partial charge in [-0.3, -0.25) is 4.79 Å². The van der Waals surface area contributed by atoms with Crippen molar-refractivity contribution in [3.8, 4) is 5.75 Å². The zero-order valence-electron chi connectivity index (χ0n) is 10.8. The molecule has 0 fully saturated rings. The van der Waals surface area contributed by atoms with E-state index in [-0.39, 0.29) is 10.6 Å². The Morgan fingerprint density at radius 3 is 2.55 bits per heavy atom. The van der Waals surface area contributed by atoms with Gasteiger partial charge in [0.1, 0.15) is 5.75 Å². The van der Waals surface area contributed by atoms with E-state index in [9.17, 15) is 9.18 Å². The third kappa shape index (κ3) is 2.72. The van der Waals surface area contributed by atoms with Gasteiger partial charge >= 0.3 is 0 Å². The number of ether oxygens (including phenoxy) is 1. The predicted octanol–water partition coefficient (Wildman–Crippen LogP) is 4.79. The van der Waals surface area contributed by atoms with E-state index in [1.807, 2.05) is 6.92 Å². The van der Waals surface area contributed by atoms with Crippen molar-refractivity contribution < 1.29 is 13.9 Å². The van der Waals surface area contributed by atoms with Gasteiger partial charge in [-0.1, -0.05) is 17.7 Å². The van der Waals surface area contributed by atoms with E-state index in [2.05, 4.69) is 15.9 Å². The van der Waals surface area contributed by atoms with Gasteiger partial charge in [-0.25, -0.2) is 4.39 Å². The maximum absolute atomic E-state index is 14.1. The largest absolute Gasteiger partial charge is 0.496 e. The fourth-order valence-corrected chi connectivity index (χ4v) is 2.30. The number of aryl methyl sites for hydroxylation is 1. The number of ketones is 1. The second-order valence-electron chi connectivity index (χ2n) is 4.26. The average Bonchev–Trinajstić information content (AvgIpc) is 2.44. The Hall–Kier alpha value is -1.39. The number of carbonyl (C=O) groups is 1. The Morgan fingerprint density at radius 2 is 1.90 bits per heavy atom. The van der Waals surface area contributed by atoms with Gasteiger partial charge in [-0.15, -0.1) is 0 Å². The number of halogens is 3. The molecule has 0 heterocycles. The third-order valence-electron chi connectivity index (χ3n) is 2.88. The normalized spacial score (nSPS) is 10.4. The van der Waals surface area contributed by atoms with Crippen LogP contribution in [0.1, 0.15) is 21.5 Å². The molecule has 0 aliphatic carbocycles. The highest BCUT2D eigenvalue weighted by Gasteiger charge is 2.20. The Morgan fingerprint density at radius 1 is 1.25 bits per heavy atom. The van der Waals surface area contributed by atoms with E-state index >= 15 is 0 Å². The molecule has 0 aliphatic heterocycles. The molecule has 0 unspecified atom stereocenters. The van der Waals surface area contributed by atoms with Crippen LogP contribution in [0, 0.1) is 12.7 Å². The molecule has 2 rings (SSSR count). The van der Waals surface area contributed by atoms with Gasteiger partial charge in [-0.05, 0) is 52.7 Å². The van der Waals surface area contributed by atoms with Crippen LogP contribution in [-0.4, -0.2) is 12.9 Å². The first-order chi connectivity index (χ1) is 9.45. The molecule has 0 bridgehead atoms. The lowest BCUT2D eigenvalue weighted by atomic mass is 10.0. The van der Waals surface area contributed by atoms with Crippen LogP contribution in [-0.2, 0) is 0 Å². The van der Waals surface area contributed by atoms with Crippen molar-refractivity contribution in [3.63, 3.8) is 0 Å². The van der Waals surface area contributed by atoms with Crippen molar-refractivity contribution in [3.05, 3.63) is 62.3 Å². The summed E-state index contributed by atoms with van der Waals surface area (Å²) in [6, 6.07) is 8.05. The molecule has 2 nitrogen and oxygen atoms in total. The minimum absolute atomic E-state index is 0.0830. The van der Waals surface area contributed by atoms with Crippen molar-refractivity contribution in [2.24, 2.45) is 0 Å². The first-order valence-corrected chi connectivity index (χ1v) is 6.95. The van der Waals surface area contributed by atoms with E-state index in [4.69, 9.17) is 16.3 Å². The standard InChI is InChI=1S/C15H11BrClFO2/c1-8-3-4-9(12(7-8)20-2)15(19)10-5-6-11(16)13(17)14(10)18/h3-7H,1-2H3. The van der Waals surface area contributed by atoms with E-state index in [1.165, 1.54) is 13.2 Å². The summed E-state index contributed by atoms with van der Waals surface area (Å²) in [5.41, 5.74) is 1.17. The number of benzene rings is 2. The lowest BCUT2D eigenvalue weighted by molar-refractivity contribution is 0.103. The van der Waals surface area contributed by atoms with Crippen molar-refractivity contribution in [2.75, 3.05) is 7.11 Å². The highest BCUT2D eigenvalue weighted by atomic mass is 79.9. The second-order valence-corrected chi connectivity index (χ2v) is 5.49. The second kappa shape index (κ2) is 5.94. The monoisotopic (exact) mass is 356 g/mol. The Labute approximate surface area is 129 Å². The van der Waals surface area contributed by atoms with Crippen molar-refractivity contribution in [2.45, 2.75) is 6.92 Å². The van der Waals surface area contributed by atoms with E-state index in [0.717, 1.165) is 5.56 Å². The summed E-state index contributed by atoms with van der Waals surface area (Å²) in [6.07, 6.45) is 0. The summed E-state index contributed by atoms with van der Waals surface area (Å²) in [4.78, 5) is 12.4. The maximum atomic E-state index is 14.1. The molecule has 0 aromatic heterocycles. The number of carbonyl (C=O) groups excluding carboxylic acids is 1. The molecule has 5 heteroatoms. The summed E-state index contributed by atoms with van der Waals surface area (Å²) in [5.74, 6) is -0.795. The Kier molecular flexibility index (Phi) is 4.45. The van der Waals surface area contributed by atoms with Gasteiger partial charge in [0.2, 0.25) is 0 Å². The van der Waals surface area contributed by atoms with Gasteiger partial charge in [0.05, 0.1) is 23.3 Å². The lowest BCUT2D eigenvalue weighted by Crippen LogP contribution is -2.07. The van der Waals surface area contributed by atoms with Crippen LogP contribution in [0.5, 0.6) is 5.75 Å². The summed E-state index contributed by atoms with van der Waals surface area (Å²) in [6.45, 7) is 1.88. The van der Waals surface area contributed by atoms with Crippen LogP contribution >= 0.6 is 27.5 Å². The molecule has 0 amide bonds. The van der Waals surface area contributed by atoms with Crippen LogP contribution in [0.4, 0.5) is 4.39 Å². The predicted molar refractivity (Wildman–Crippen MR) is 80.3 cm³/mol. The quantitative estimate of drug-likeness (QED) is 0.583. The molecule has 104 valence electrons. The summed E-state index contributed by atoms with van der Waals surface area (Å²) in [7, 11) is 1.47. The molecule has 0 saturated carbocycles. The first kappa shape index (κ1) is 15.0. The highest BCUT2D eigenvalue weighted by Crippen LogP contribution is 2.30. The molecule has 20 heavy (non-hydrogen) atoms. The van der Waals surface area contributed by atoms with Gasteiger partial charge < -0.3 is 4.74 Å². The zero-order chi connectivity index (χ0) is 14.9. The molecular weight excluding hydrogens is 347 g/mol. The van der Waals surface area contributed by atoms with Crippen LogP contribution < -0.4 is 4.74 Å². The minimum Gasteiger partial charge on any atom is -0.496 e. The Bertz CT molecular complexity index is 686. The van der Waals surface area contributed by atoms with E-state index in [0.29, 0.717) is 15.8 Å². The minimum atomic E-state index is -0.742. The van der Waals surface area contributed by atoms with Gasteiger partial charge in [0.15, 0.2) is 11.6 Å². The zero-order valence-corrected chi connectivity index (χ0v) is 13.2. The number of hydrogen-bond acceptors (Lipinski definition) is 2. The SMILES string of the molecule is COc1cc(C)ccc1C(=O)c1ccc(Br)c(Cl)c1F. The molecule has 0 aliphatic rings. The highest BCUT2D eigenvalue weighted by molar-refractivity contribution is 9.10. The molecule has 2 aromatic rings. The van der Waals surface area contributed by atoms with Crippen molar-refractivity contribution in [1.82, 2.24) is 0 Å². The fourth-order valence-electron chi connectivity index (χ4n) is 1.83. The summed E-state index contributed by atoms with van der Waals surface area (Å²) >= 11 is 8.92. The molecule has 0 spiro atoms. The summed E-state index contributed by atoms with van der Waals surface area (Å²) < 4.78 is 19.7. The van der Waals surface area contributed by atoms with Crippen LogP contribution in [0.3, 0.4) is 0 Å². The number of methoxy groups -OCH3 is 1.